The number of piperidine rings is 2. The maximum Gasteiger partial charge on any atom is 0.179 e. The first kappa shape index (κ1) is 25.6. The molecule has 0 amide bonds. The van der Waals surface area contributed by atoms with Crippen molar-refractivity contribution in [1.82, 2.24) is 4.90 Å². The zero-order valence-corrected chi connectivity index (χ0v) is 23.2. The summed E-state index contributed by atoms with van der Waals surface area (Å²) in [6.07, 6.45) is 32.6. The van der Waals surface area contributed by atoms with Crippen LogP contribution in [0.4, 0.5) is 0 Å². The predicted molar refractivity (Wildman–Crippen MR) is 150 cm³/mol. The van der Waals surface area contributed by atoms with Crippen LogP contribution in [0.2, 0.25) is 0 Å². The van der Waals surface area contributed by atoms with Gasteiger partial charge in [0.15, 0.2) is 5.71 Å². The lowest BCUT2D eigenvalue weighted by atomic mass is 9.82. The fraction of sp³-hybridized carbons (Fsp3) is 0.848. The molecule has 0 aromatic carbocycles. The molecule has 0 aromatic rings. The molecular formula is C33H55N2+. The molecule has 0 spiro atoms. The Bertz CT molecular complexity index is 780. The van der Waals surface area contributed by atoms with E-state index >= 15 is 0 Å². The SMILES string of the molecule is CC1(CCCCCCCC2CC(=C3CCCC3)C(=[N+]3CCCCC3)C2)CC=C(N2CCCCC2)C1. The summed E-state index contributed by atoms with van der Waals surface area (Å²) in [4.78, 5) is 2.71. The lowest BCUT2D eigenvalue weighted by molar-refractivity contribution is -0.537. The Morgan fingerprint density at radius 1 is 0.829 bits per heavy atom. The molecular weight excluding hydrogens is 424 g/mol. The van der Waals surface area contributed by atoms with Crippen LogP contribution < -0.4 is 0 Å². The maximum atomic E-state index is 2.82. The van der Waals surface area contributed by atoms with E-state index in [2.05, 4.69) is 22.5 Å². The first-order valence-electron chi connectivity index (χ1n) is 16.0. The molecule has 2 aliphatic heterocycles. The van der Waals surface area contributed by atoms with Gasteiger partial charge in [0.05, 0.1) is 0 Å². The van der Waals surface area contributed by atoms with Crippen LogP contribution in [0, 0.1) is 11.3 Å². The molecule has 35 heavy (non-hydrogen) atoms. The van der Waals surface area contributed by atoms with Gasteiger partial charge >= 0.3 is 0 Å². The molecule has 5 rings (SSSR count). The van der Waals surface area contributed by atoms with Gasteiger partial charge < -0.3 is 4.90 Å². The average molecular weight is 480 g/mol. The summed E-state index contributed by atoms with van der Waals surface area (Å²) in [6, 6.07) is 0. The Morgan fingerprint density at radius 2 is 1.54 bits per heavy atom. The summed E-state index contributed by atoms with van der Waals surface area (Å²) >= 11 is 0. The molecule has 2 atom stereocenters. The summed E-state index contributed by atoms with van der Waals surface area (Å²) in [5.41, 5.74) is 7.79. The number of likely N-dealkylation sites (tertiary alicyclic amines) is 1. The highest BCUT2D eigenvalue weighted by atomic mass is 15.1. The minimum atomic E-state index is 0.557. The summed E-state index contributed by atoms with van der Waals surface area (Å²) in [7, 11) is 0. The van der Waals surface area contributed by atoms with Crippen molar-refractivity contribution < 1.29 is 4.58 Å². The van der Waals surface area contributed by atoms with Gasteiger partial charge in [0, 0.05) is 43.6 Å². The van der Waals surface area contributed by atoms with Gasteiger partial charge in [-0.15, -0.1) is 0 Å². The first-order valence-corrected chi connectivity index (χ1v) is 16.0. The molecule has 0 radical (unpaired) electrons. The molecule has 2 heterocycles. The summed E-state index contributed by atoms with van der Waals surface area (Å²) in [6.45, 7) is 7.88. The fourth-order valence-electron chi connectivity index (χ4n) is 8.09. The van der Waals surface area contributed by atoms with Gasteiger partial charge in [0.1, 0.15) is 13.1 Å². The molecule has 2 nitrogen and oxygen atoms in total. The number of unbranched alkanes of at least 4 members (excludes halogenated alkanes) is 4. The summed E-state index contributed by atoms with van der Waals surface area (Å²) in [5, 5.41) is 0. The lowest BCUT2D eigenvalue weighted by Crippen LogP contribution is -2.29. The Morgan fingerprint density at radius 3 is 2.34 bits per heavy atom. The third-order valence-electron chi connectivity index (χ3n) is 10.3. The Kier molecular flexibility index (Phi) is 9.11. The zero-order chi connectivity index (χ0) is 23.9. The van der Waals surface area contributed by atoms with Crippen LogP contribution >= 0.6 is 0 Å². The standard InChI is InChI=1S/C33H55N2/c1-33(20-18-30(27-33)34-21-11-5-12-22-34)19-10-4-2-3-7-15-28-25-31(29-16-8-9-17-29)32(26-28)35-23-13-6-14-24-35/h18,28H,2-17,19-27H2,1H3/q+1. The van der Waals surface area contributed by atoms with E-state index in [1.807, 2.05) is 16.9 Å². The van der Waals surface area contributed by atoms with Crippen LogP contribution in [-0.2, 0) is 0 Å². The molecule has 0 N–H and O–H groups in total. The zero-order valence-electron chi connectivity index (χ0n) is 23.2. The Labute approximate surface area is 217 Å². The largest absolute Gasteiger partial charge is 0.375 e. The summed E-state index contributed by atoms with van der Waals surface area (Å²) < 4.78 is 2.82. The van der Waals surface area contributed by atoms with Gasteiger partial charge in [0.25, 0.3) is 0 Å². The van der Waals surface area contributed by atoms with Crippen molar-refractivity contribution in [3.05, 3.63) is 22.9 Å². The van der Waals surface area contributed by atoms with Gasteiger partial charge in [-0.2, -0.15) is 0 Å². The monoisotopic (exact) mass is 479 g/mol. The van der Waals surface area contributed by atoms with Crippen LogP contribution in [0.15, 0.2) is 22.9 Å². The highest BCUT2D eigenvalue weighted by Gasteiger charge is 2.35. The van der Waals surface area contributed by atoms with E-state index in [0.717, 1.165) is 5.92 Å². The molecule has 196 valence electrons. The third kappa shape index (κ3) is 6.84. The van der Waals surface area contributed by atoms with Crippen LogP contribution in [-0.4, -0.2) is 41.4 Å². The van der Waals surface area contributed by atoms with Crippen molar-refractivity contribution in [2.24, 2.45) is 11.3 Å². The Hall–Kier alpha value is -1.05. The molecule has 2 saturated carbocycles. The maximum absolute atomic E-state index is 2.82. The first-order chi connectivity index (χ1) is 17.2. The van der Waals surface area contributed by atoms with E-state index < -0.39 is 0 Å². The minimum Gasteiger partial charge on any atom is -0.375 e. The van der Waals surface area contributed by atoms with Gasteiger partial charge in [-0.25, -0.2) is 4.58 Å². The van der Waals surface area contributed by atoms with Gasteiger partial charge in [-0.3, -0.25) is 0 Å². The van der Waals surface area contributed by atoms with Gasteiger partial charge in [-0.05, 0) is 94.8 Å². The third-order valence-corrected chi connectivity index (χ3v) is 10.3. The van der Waals surface area contributed by atoms with E-state index in [-0.39, 0.29) is 0 Å². The van der Waals surface area contributed by atoms with Crippen LogP contribution in [0.3, 0.4) is 0 Å². The van der Waals surface area contributed by atoms with Crippen molar-refractivity contribution in [2.75, 3.05) is 26.2 Å². The highest BCUT2D eigenvalue weighted by molar-refractivity contribution is 5.99. The number of allylic oxidation sites excluding steroid dienone is 4. The summed E-state index contributed by atoms with van der Waals surface area (Å²) in [5.74, 6) is 0.951. The molecule has 2 heteroatoms. The normalized spacial score (nSPS) is 30.0. The topological polar surface area (TPSA) is 6.25 Å². The quantitative estimate of drug-likeness (QED) is 0.236. The molecule has 0 bridgehead atoms. The van der Waals surface area contributed by atoms with Crippen molar-refractivity contribution in [3.63, 3.8) is 0 Å². The predicted octanol–water partition coefficient (Wildman–Crippen LogP) is 8.81. The molecule has 5 aliphatic rings. The van der Waals surface area contributed by atoms with Gasteiger partial charge in [-0.1, -0.05) is 50.7 Å². The van der Waals surface area contributed by atoms with E-state index in [0.29, 0.717) is 5.41 Å². The molecule has 2 saturated heterocycles. The molecule has 2 unspecified atom stereocenters. The smallest absolute Gasteiger partial charge is 0.179 e. The molecule has 3 aliphatic carbocycles. The minimum absolute atomic E-state index is 0.557. The van der Waals surface area contributed by atoms with Gasteiger partial charge in [0.2, 0.25) is 0 Å². The van der Waals surface area contributed by atoms with E-state index in [9.17, 15) is 0 Å². The van der Waals surface area contributed by atoms with Crippen molar-refractivity contribution in [1.29, 1.82) is 0 Å². The second kappa shape index (κ2) is 12.5. The lowest BCUT2D eigenvalue weighted by Gasteiger charge is -2.32. The van der Waals surface area contributed by atoms with Crippen LogP contribution in [0.25, 0.3) is 0 Å². The van der Waals surface area contributed by atoms with Crippen LogP contribution in [0.1, 0.15) is 142 Å². The average Bonchev–Trinajstić information content (AvgIpc) is 3.65. The second-order valence-corrected chi connectivity index (χ2v) is 13.3. The van der Waals surface area contributed by atoms with Crippen LogP contribution in [0.5, 0.6) is 0 Å². The second-order valence-electron chi connectivity index (χ2n) is 13.3. The number of hydrogen-bond acceptors (Lipinski definition) is 1. The van der Waals surface area contributed by atoms with Crippen molar-refractivity contribution in [2.45, 2.75) is 142 Å². The van der Waals surface area contributed by atoms with Crippen molar-refractivity contribution >= 4 is 5.71 Å². The Balaban J connectivity index is 0.995. The van der Waals surface area contributed by atoms with E-state index in [1.54, 1.807) is 5.70 Å². The number of hydrogen-bond donors (Lipinski definition) is 0. The number of rotatable bonds is 9. The van der Waals surface area contributed by atoms with E-state index in [4.69, 9.17) is 0 Å². The fourth-order valence-corrected chi connectivity index (χ4v) is 8.09. The number of nitrogens with zero attached hydrogens (tertiary/aromatic N) is 2. The van der Waals surface area contributed by atoms with E-state index in [1.165, 1.54) is 161 Å². The van der Waals surface area contributed by atoms with Crippen molar-refractivity contribution in [3.8, 4) is 0 Å². The molecule has 4 fully saturated rings. The highest BCUT2D eigenvalue weighted by Crippen LogP contribution is 2.43. The molecule has 0 aromatic heterocycles.